The molecule has 1 heterocycles. The van der Waals surface area contributed by atoms with Gasteiger partial charge in [0, 0.05) is 28.4 Å². The van der Waals surface area contributed by atoms with E-state index in [1.165, 1.54) is 21.8 Å². The van der Waals surface area contributed by atoms with Crippen LogP contribution in [0.2, 0.25) is 0 Å². The van der Waals surface area contributed by atoms with Gasteiger partial charge >= 0.3 is 0 Å². The number of hydrogen-bond donors (Lipinski definition) is 0. The average Bonchev–Trinajstić information content (AvgIpc) is 2.97. The molecule has 0 saturated carbocycles. The maximum absolute atomic E-state index is 12.0. The topological polar surface area (TPSA) is 39.1 Å². The molecule has 0 saturated heterocycles. The van der Waals surface area contributed by atoms with Crippen molar-refractivity contribution in [3.8, 4) is 0 Å². The van der Waals surface area contributed by atoms with Crippen LogP contribution in [0.25, 0.3) is 21.8 Å². The van der Waals surface area contributed by atoms with Crippen molar-refractivity contribution in [2.45, 2.75) is 18.4 Å². The van der Waals surface area contributed by atoms with Crippen LogP contribution in [0.1, 0.15) is 12.5 Å². The lowest BCUT2D eigenvalue weighted by Crippen LogP contribution is -2.04. The van der Waals surface area contributed by atoms with Crippen molar-refractivity contribution in [1.82, 2.24) is 4.57 Å². The van der Waals surface area contributed by atoms with E-state index >= 15 is 0 Å². The number of nitrogens with zero attached hydrogens (tertiary/aromatic N) is 1. The van der Waals surface area contributed by atoms with Gasteiger partial charge in [0.2, 0.25) is 0 Å². The van der Waals surface area contributed by atoms with Crippen LogP contribution in [-0.2, 0) is 16.4 Å². The van der Waals surface area contributed by atoms with Gasteiger partial charge in [-0.2, -0.15) is 0 Å². The van der Waals surface area contributed by atoms with E-state index in [9.17, 15) is 8.42 Å². The van der Waals surface area contributed by atoms with Gasteiger partial charge in [-0.05, 0) is 29.8 Å². The summed E-state index contributed by atoms with van der Waals surface area (Å²) in [6.45, 7) is 2.38. The second-order valence-corrected chi connectivity index (χ2v) is 8.45. The second kappa shape index (κ2) is 6.05. The Balaban J connectivity index is 1.80. The fourth-order valence-corrected chi connectivity index (χ4v) is 4.21. The Morgan fingerprint density at radius 1 is 0.760 bits per heavy atom. The first-order chi connectivity index (χ1) is 12.1. The van der Waals surface area contributed by atoms with Gasteiger partial charge in [0.1, 0.15) is 0 Å². The summed E-state index contributed by atoms with van der Waals surface area (Å²) in [4.78, 5) is 0.390. The fourth-order valence-electron chi connectivity index (χ4n) is 3.33. The van der Waals surface area contributed by atoms with Crippen LogP contribution in [0.5, 0.6) is 0 Å². The van der Waals surface area contributed by atoms with Crippen molar-refractivity contribution in [3.05, 3.63) is 78.4 Å². The number of rotatable bonds is 4. The summed E-state index contributed by atoms with van der Waals surface area (Å²) in [6, 6.07) is 24.0. The Morgan fingerprint density at radius 3 is 1.80 bits per heavy atom. The Kier molecular flexibility index (Phi) is 3.85. The molecule has 0 unspecified atom stereocenters. The molecule has 0 N–H and O–H groups in total. The van der Waals surface area contributed by atoms with E-state index in [-0.39, 0.29) is 5.75 Å². The van der Waals surface area contributed by atoms with Crippen LogP contribution in [-0.4, -0.2) is 18.7 Å². The first-order valence-corrected chi connectivity index (χ1v) is 10.0. The van der Waals surface area contributed by atoms with Gasteiger partial charge in [-0.3, -0.25) is 0 Å². The molecule has 4 aromatic rings. The number of hydrogen-bond acceptors (Lipinski definition) is 2. The van der Waals surface area contributed by atoms with Crippen molar-refractivity contribution >= 4 is 31.6 Å². The molecule has 0 aliphatic rings. The summed E-state index contributed by atoms with van der Waals surface area (Å²) in [6.07, 6.45) is 0. The zero-order chi connectivity index (χ0) is 17.4. The highest BCUT2D eigenvalue weighted by Gasteiger charge is 2.12. The summed E-state index contributed by atoms with van der Waals surface area (Å²) < 4.78 is 26.2. The maximum Gasteiger partial charge on any atom is 0.178 e. The molecule has 0 spiro atoms. The largest absolute Gasteiger partial charge is 0.336 e. The minimum atomic E-state index is -3.15. The van der Waals surface area contributed by atoms with E-state index in [2.05, 4.69) is 53.1 Å². The summed E-state index contributed by atoms with van der Waals surface area (Å²) >= 11 is 0. The van der Waals surface area contributed by atoms with Crippen LogP contribution in [0, 0.1) is 0 Å². The molecule has 0 aliphatic carbocycles. The third-order valence-corrected chi connectivity index (χ3v) is 6.43. The van der Waals surface area contributed by atoms with Gasteiger partial charge in [0.15, 0.2) is 9.84 Å². The Hall–Kier alpha value is -2.59. The summed E-state index contributed by atoms with van der Waals surface area (Å²) in [5.74, 6) is 0.124. The Labute approximate surface area is 147 Å². The molecule has 25 heavy (non-hydrogen) atoms. The number of benzene rings is 3. The first kappa shape index (κ1) is 15.9. The quantitative estimate of drug-likeness (QED) is 0.538. The van der Waals surface area contributed by atoms with Crippen LogP contribution in [0.3, 0.4) is 0 Å². The van der Waals surface area contributed by atoms with E-state index in [1.54, 1.807) is 19.1 Å². The zero-order valence-corrected chi connectivity index (χ0v) is 14.8. The smallest absolute Gasteiger partial charge is 0.178 e. The first-order valence-electron chi connectivity index (χ1n) is 8.38. The summed E-state index contributed by atoms with van der Waals surface area (Å²) in [7, 11) is -3.15. The molecule has 0 fully saturated rings. The van der Waals surface area contributed by atoms with Gasteiger partial charge in [-0.25, -0.2) is 8.42 Å². The molecule has 0 radical (unpaired) electrons. The Morgan fingerprint density at radius 2 is 1.28 bits per heavy atom. The number of fused-ring (bicyclic) bond motifs is 3. The van der Waals surface area contributed by atoms with Crippen molar-refractivity contribution < 1.29 is 8.42 Å². The van der Waals surface area contributed by atoms with Crippen LogP contribution >= 0.6 is 0 Å². The maximum atomic E-state index is 12.0. The molecule has 3 aromatic carbocycles. The molecule has 3 nitrogen and oxygen atoms in total. The van der Waals surface area contributed by atoms with Gasteiger partial charge in [0.25, 0.3) is 0 Å². The monoisotopic (exact) mass is 349 g/mol. The standard InChI is InChI=1S/C21H19NO2S/c1-2-25(23,24)17-13-11-16(12-14-17)15-22-20-9-5-3-7-18(20)19-8-4-6-10-21(19)22/h3-14H,2,15H2,1H3. The minimum absolute atomic E-state index is 0.124. The van der Waals surface area contributed by atoms with Crippen molar-refractivity contribution in [3.63, 3.8) is 0 Å². The highest BCUT2D eigenvalue weighted by molar-refractivity contribution is 7.91. The summed E-state index contributed by atoms with van der Waals surface area (Å²) in [5, 5.41) is 2.48. The predicted molar refractivity (Wildman–Crippen MR) is 103 cm³/mol. The molecule has 0 aliphatic heterocycles. The van der Waals surface area contributed by atoms with E-state index in [1.807, 2.05) is 12.1 Å². The lowest BCUT2D eigenvalue weighted by atomic mass is 10.2. The van der Waals surface area contributed by atoms with E-state index < -0.39 is 9.84 Å². The molecular weight excluding hydrogens is 330 g/mol. The SMILES string of the molecule is CCS(=O)(=O)c1ccc(Cn2c3ccccc3c3ccccc32)cc1. The lowest BCUT2D eigenvalue weighted by Gasteiger charge is -2.09. The van der Waals surface area contributed by atoms with Crippen LogP contribution in [0.15, 0.2) is 77.7 Å². The minimum Gasteiger partial charge on any atom is -0.336 e. The second-order valence-electron chi connectivity index (χ2n) is 6.17. The zero-order valence-electron chi connectivity index (χ0n) is 14.0. The normalized spacial score (nSPS) is 12.0. The highest BCUT2D eigenvalue weighted by Crippen LogP contribution is 2.29. The van der Waals surface area contributed by atoms with Gasteiger partial charge in [0.05, 0.1) is 10.6 Å². The lowest BCUT2D eigenvalue weighted by molar-refractivity contribution is 0.597. The summed E-state index contributed by atoms with van der Waals surface area (Å²) in [5.41, 5.74) is 3.46. The molecule has 0 bridgehead atoms. The van der Waals surface area contributed by atoms with Gasteiger partial charge in [-0.15, -0.1) is 0 Å². The Bertz CT molecular complexity index is 1100. The molecule has 1 aromatic heterocycles. The predicted octanol–water partition coefficient (Wildman–Crippen LogP) is 4.64. The third kappa shape index (κ3) is 2.72. The van der Waals surface area contributed by atoms with E-state index in [0.29, 0.717) is 11.4 Å². The number of para-hydroxylation sites is 2. The average molecular weight is 349 g/mol. The van der Waals surface area contributed by atoms with E-state index in [4.69, 9.17) is 0 Å². The third-order valence-electron chi connectivity index (χ3n) is 4.68. The number of aromatic nitrogens is 1. The fraction of sp³-hybridized carbons (Fsp3) is 0.143. The highest BCUT2D eigenvalue weighted by atomic mass is 32.2. The van der Waals surface area contributed by atoms with Crippen molar-refractivity contribution in [2.75, 3.05) is 5.75 Å². The van der Waals surface area contributed by atoms with Crippen LogP contribution < -0.4 is 0 Å². The van der Waals surface area contributed by atoms with Crippen molar-refractivity contribution in [2.24, 2.45) is 0 Å². The molecule has 4 rings (SSSR count). The molecule has 126 valence electrons. The van der Waals surface area contributed by atoms with Crippen molar-refractivity contribution in [1.29, 1.82) is 0 Å². The molecule has 4 heteroatoms. The molecular formula is C21H19NO2S. The van der Waals surface area contributed by atoms with Crippen LogP contribution in [0.4, 0.5) is 0 Å². The van der Waals surface area contributed by atoms with Gasteiger partial charge < -0.3 is 4.57 Å². The molecule has 0 amide bonds. The molecule has 0 atom stereocenters. The number of sulfone groups is 1. The van der Waals surface area contributed by atoms with E-state index in [0.717, 1.165) is 5.56 Å². The van der Waals surface area contributed by atoms with Gasteiger partial charge in [-0.1, -0.05) is 55.5 Å².